The van der Waals surface area contributed by atoms with E-state index in [0.29, 0.717) is 25.3 Å². The van der Waals surface area contributed by atoms with Crippen LogP contribution in [0.15, 0.2) is 84.4 Å². The largest absolute Gasteiger partial charge is 0.348 e. The van der Waals surface area contributed by atoms with Crippen molar-refractivity contribution in [2.75, 3.05) is 6.54 Å². The molecule has 2 atom stereocenters. The number of hydrogen-bond donors (Lipinski definition) is 2. The van der Waals surface area contributed by atoms with Crippen molar-refractivity contribution in [2.24, 2.45) is 0 Å². The monoisotopic (exact) mass is 595 g/mol. The van der Waals surface area contributed by atoms with Crippen LogP contribution in [0.25, 0.3) is 0 Å². The number of likely N-dealkylation sites (tertiary alicyclic amines) is 1. The Bertz CT molecular complexity index is 1460. The average Bonchev–Trinajstić information content (AvgIpc) is 3.03. The highest BCUT2D eigenvalue weighted by Crippen LogP contribution is 2.37. The zero-order chi connectivity index (χ0) is 29.6. The molecule has 0 aromatic heterocycles. The second kappa shape index (κ2) is 13.9. The summed E-state index contributed by atoms with van der Waals surface area (Å²) in [5, 5.41) is 7.54. The van der Waals surface area contributed by atoms with Gasteiger partial charge in [0.1, 0.15) is 0 Å². The molecule has 43 heavy (non-hydrogen) atoms. The van der Waals surface area contributed by atoms with Crippen LogP contribution in [0.1, 0.15) is 78.7 Å². The van der Waals surface area contributed by atoms with Gasteiger partial charge in [0.25, 0.3) is 0 Å². The molecule has 5 nitrogen and oxygen atoms in total. The van der Waals surface area contributed by atoms with Crippen LogP contribution in [0.2, 0.25) is 5.02 Å². The van der Waals surface area contributed by atoms with Crippen LogP contribution in [0, 0.1) is 0 Å². The quantitative estimate of drug-likeness (QED) is 0.279. The molecule has 0 radical (unpaired) electrons. The third-order valence-electron chi connectivity index (χ3n) is 9.44. The second-order valence-electron chi connectivity index (χ2n) is 12.4. The Morgan fingerprint density at radius 2 is 1.70 bits per heavy atom. The van der Waals surface area contributed by atoms with Crippen LogP contribution < -0.4 is 10.6 Å². The number of benzene rings is 3. The first-order valence-electron chi connectivity index (χ1n) is 15.9. The molecule has 2 heterocycles. The van der Waals surface area contributed by atoms with E-state index in [9.17, 15) is 9.59 Å². The van der Waals surface area contributed by atoms with Gasteiger partial charge in [0.2, 0.25) is 11.8 Å². The summed E-state index contributed by atoms with van der Waals surface area (Å²) in [4.78, 5) is 28.0. The van der Waals surface area contributed by atoms with Crippen molar-refractivity contribution in [3.8, 4) is 0 Å². The van der Waals surface area contributed by atoms with Gasteiger partial charge in [0, 0.05) is 31.1 Å². The fourth-order valence-corrected chi connectivity index (χ4v) is 7.14. The Kier molecular flexibility index (Phi) is 9.60. The summed E-state index contributed by atoms with van der Waals surface area (Å²) >= 11 is 6.16. The van der Waals surface area contributed by atoms with E-state index in [0.717, 1.165) is 68.6 Å². The number of nitrogens with zero attached hydrogens (tertiary/aromatic N) is 1. The van der Waals surface area contributed by atoms with Crippen LogP contribution >= 0.6 is 11.6 Å². The lowest BCUT2D eigenvalue weighted by Crippen LogP contribution is -2.50. The number of halogens is 1. The van der Waals surface area contributed by atoms with Crippen molar-refractivity contribution in [1.82, 2.24) is 15.5 Å². The number of carbonyl (C=O) groups is 2. The summed E-state index contributed by atoms with van der Waals surface area (Å²) in [6.07, 6.45) is 10.7. The number of amides is 2. The fourth-order valence-electron chi connectivity index (χ4n) is 7.01. The maximum Gasteiger partial charge on any atom is 0.237 e. The molecule has 6 heteroatoms. The van der Waals surface area contributed by atoms with E-state index in [1.54, 1.807) is 0 Å². The van der Waals surface area contributed by atoms with E-state index < -0.39 is 0 Å². The molecular formula is C37H42ClN3O2. The van der Waals surface area contributed by atoms with Gasteiger partial charge < -0.3 is 15.5 Å². The SMILES string of the molecule is O=C(N[C@@H](C=C1CCC(c2ccccc2CN2CCCCC2=O)CC1)Cc1ccc(Cl)cc1)[C@H]1Cc2ccccc2CN1. The number of piperidine rings is 1. The Morgan fingerprint density at radius 3 is 2.49 bits per heavy atom. The van der Waals surface area contributed by atoms with Crippen LogP contribution in [0.3, 0.4) is 0 Å². The highest BCUT2D eigenvalue weighted by Gasteiger charge is 2.27. The first-order valence-corrected chi connectivity index (χ1v) is 16.3. The number of hydrogen-bond acceptors (Lipinski definition) is 3. The summed E-state index contributed by atoms with van der Waals surface area (Å²) in [7, 11) is 0. The lowest BCUT2D eigenvalue weighted by molar-refractivity contribution is -0.133. The fraction of sp³-hybridized carbons (Fsp3) is 0.405. The standard InChI is InChI=1S/C37H42ClN3O2/c38-32-18-14-27(15-19-32)22-33(40-37(43)35-23-29-7-1-2-8-30(29)24-39-35)21-26-12-16-28(17-13-26)34-10-4-3-9-31(34)25-41-20-6-5-11-36(41)42/h1-4,7-10,14-15,18-19,21,28,33,35,39H,5-6,11-13,16-17,20,22-25H2,(H,40,43)/t28?,33-,35+/m0/s1. The zero-order valence-corrected chi connectivity index (χ0v) is 25.6. The van der Waals surface area contributed by atoms with Crippen molar-refractivity contribution < 1.29 is 9.59 Å². The zero-order valence-electron chi connectivity index (χ0n) is 24.9. The van der Waals surface area contributed by atoms with Crippen molar-refractivity contribution in [1.29, 1.82) is 0 Å². The molecule has 2 fully saturated rings. The van der Waals surface area contributed by atoms with Gasteiger partial charge in [-0.3, -0.25) is 9.59 Å². The van der Waals surface area contributed by atoms with Gasteiger partial charge in [0.15, 0.2) is 0 Å². The maximum absolute atomic E-state index is 13.5. The molecule has 0 spiro atoms. The lowest BCUT2D eigenvalue weighted by atomic mass is 9.79. The Morgan fingerprint density at radius 1 is 0.953 bits per heavy atom. The number of nitrogens with one attached hydrogen (secondary N) is 2. The van der Waals surface area contributed by atoms with E-state index >= 15 is 0 Å². The topological polar surface area (TPSA) is 61.4 Å². The van der Waals surface area contributed by atoms with Gasteiger partial charge >= 0.3 is 0 Å². The smallest absolute Gasteiger partial charge is 0.237 e. The average molecular weight is 596 g/mol. The number of carbonyl (C=O) groups excluding carboxylic acids is 2. The first kappa shape index (κ1) is 29.7. The highest BCUT2D eigenvalue weighted by molar-refractivity contribution is 6.30. The normalized spacial score (nSPS) is 21.2. The number of fused-ring (bicyclic) bond motifs is 1. The van der Waals surface area contributed by atoms with E-state index in [-0.39, 0.29) is 23.9 Å². The van der Waals surface area contributed by atoms with Crippen LogP contribution in [-0.4, -0.2) is 35.3 Å². The molecule has 6 rings (SSSR count). The molecule has 0 bridgehead atoms. The van der Waals surface area contributed by atoms with E-state index in [1.807, 2.05) is 17.0 Å². The molecule has 0 unspecified atom stereocenters. The number of allylic oxidation sites excluding steroid dienone is 1. The number of rotatable bonds is 8. The molecule has 3 aliphatic rings. The van der Waals surface area contributed by atoms with Crippen LogP contribution in [0.4, 0.5) is 0 Å². The predicted molar refractivity (Wildman–Crippen MR) is 173 cm³/mol. The second-order valence-corrected chi connectivity index (χ2v) is 12.9. The van der Waals surface area contributed by atoms with Crippen LogP contribution in [-0.2, 0) is 35.5 Å². The molecule has 1 saturated carbocycles. The predicted octanol–water partition coefficient (Wildman–Crippen LogP) is 6.88. The molecule has 3 aromatic rings. The lowest BCUT2D eigenvalue weighted by Gasteiger charge is -2.31. The summed E-state index contributed by atoms with van der Waals surface area (Å²) in [6.45, 7) is 2.31. The summed E-state index contributed by atoms with van der Waals surface area (Å²) in [5.41, 5.74) is 7.79. The van der Waals surface area contributed by atoms with Gasteiger partial charge in [-0.1, -0.05) is 83.9 Å². The first-order chi connectivity index (χ1) is 21.0. The molecule has 3 aromatic carbocycles. The molecule has 2 N–H and O–H groups in total. The molecule has 1 saturated heterocycles. The third-order valence-corrected chi connectivity index (χ3v) is 9.69. The summed E-state index contributed by atoms with van der Waals surface area (Å²) in [6, 6.07) is 24.7. The third kappa shape index (κ3) is 7.57. The van der Waals surface area contributed by atoms with E-state index in [4.69, 9.17) is 11.6 Å². The molecule has 2 amide bonds. The molecule has 224 valence electrons. The minimum absolute atomic E-state index is 0.0557. The Hall–Kier alpha value is -3.41. The Balaban J connectivity index is 1.13. The van der Waals surface area contributed by atoms with Crippen molar-refractivity contribution in [2.45, 2.75) is 88.9 Å². The van der Waals surface area contributed by atoms with Crippen molar-refractivity contribution in [3.05, 3.63) is 117 Å². The minimum atomic E-state index is -0.236. The highest BCUT2D eigenvalue weighted by atomic mass is 35.5. The molecule has 1 aliphatic carbocycles. The van der Waals surface area contributed by atoms with Gasteiger partial charge in [-0.2, -0.15) is 0 Å². The molecular weight excluding hydrogens is 554 g/mol. The minimum Gasteiger partial charge on any atom is -0.348 e. The molecule has 2 aliphatic heterocycles. The Labute approximate surface area is 260 Å². The van der Waals surface area contributed by atoms with Crippen molar-refractivity contribution in [3.63, 3.8) is 0 Å². The van der Waals surface area contributed by atoms with Gasteiger partial charge in [0.05, 0.1) is 12.1 Å². The van der Waals surface area contributed by atoms with Gasteiger partial charge in [-0.25, -0.2) is 0 Å². The van der Waals surface area contributed by atoms with Gasteiger partial charge in [-0.15, -0.1) is 0 Å². The van der Waals surface area contributed by atoms with Crippen LogP contribution in [0.5, 0.6) is 0 Å². The maximum atomic E-state index is 13.5. The summed E-state index contributed by atoms with van der Waals surface area (Å²) < 4.78 is 0. The summed E-state index contributed by atoms with van der Waals surface area (Å²) in [5.74, 6) is 0.834. The van der Waals surface area contributed by atoms with E-state index in [2.05, 4.69) is 77.4 Å². The van der Waals surface area contributed by atoms with E-state index in [1.165, 1.54) is 27.8 Å². The van der Waals surface area contributed by atoms with Gasteiger partial charge in [-0.05, 0) is 97.2 Å². The van der Waals surface area contributed by atoms with Crippen molar-refractivity contribution >= 4 is 23.4 Å².